The van der Waals surface area contributed by atoms with Crippen molar-refractivity contribution in [3.8, 4) is 5.75 Å². The van der Waals surface area contributed by atoms with Crippen LogP contribution in [0.25, 0.3) is 11.1 Å². The minimum Gasteiger partial charge on any atom is -0.506 e. The van der Waals surface area contributed by atoms with Crippen LogP contribution in [0, 0.1) is 0 Å². The Morgan fingerprint density at radius 2 is 1.82 bits per heavy atom. The summed E-state index contributed by atoms with van der Waals surface area (Å²) in [4.78, 5) is 32.4. The van der Waals surface area contributed by atoms with Crippen LogP contribution >= 0.6 is 0 Å². The number of aromatic nitrogens is 2. The van der Waals surface area contributed by atoms with Crippen LogP contribution < -0.4 is 5.56 Å². The van der Waals surface area contributed by atoms with Crippen molar-refractivity contribution in [3.05, 3.63) is 50.2 Å². The molecule has 146 valence electrons. The van der Waals surface area contributed by atoms with Crippen molar-refractivity contribution in [1.29, 1.82) is 0 Å². The second-order valence-electron chi connectivity index (χ2n) is 7.96. The lowest BCUT2D eigenvalue weighted by molar-refractivity contribution is 0.0691. The highest BCUT2D eigenvalue weighted by atomic mass is 16.4. The van der Waals surface area contributed by atoms with Gasteiger partial charge >= 0.3 is 5.97 Å². The van der Waals surface area contributed by atoms with E-state index < -0.39 is 17.1 Å². The largest absolute Gasteiger partial charge is 0.506 e. The van der Waals surface area contributed by atoms with Crippen LogP contribution in [0.15, 0.2) is 10.9 Å². The summed E-state index contributed by atoms with van der Waals surface area (Å²) in [6, 6.07) is 2.23. The molecule has 7 nitrogen and oxygen atoms in total. The normalized spacial score (nSPS) is 18.7. The molecule has 0 radical (unpaired) electrons. The standard InChI is InChI=1S/C21H23N3O4/c25-19-14-4-3-12-13(18(14)23-20(26)17(19)21(27)28)5-6-16-15(12)9-11(22-16)10-24-7-1-2-8-24/h9,22H,1-8,10H2,(H,27,28)(H2,23,25,26). The first-order valence-electron chi connectivity index (χ1n) is 9.90. The van der Waals surface area contributed by atoms with Gasteiger partial charge in [0.1, 0.15) is 5.75 Å². The number of nitrogens with one attached hydrogen (secondary N) is 2. The van der Waals surface area contributed by atoms with E-state index in [0.717, 1.165) is 44.5 Å². The number of carbonyl (C=O) groups is 1. The molecule has 5 rings (SSSR count). The first kappa shape index (κ1) is 17.3. The molecule has 1 fully saturated rings. The topological polar surface area (TPSA) is 109 Å². The average molecular weight is 381 g/mol. The van der Waals surface area contributed by atoms with E-state index in [1.807, 2.05) is 0 Å². The third kappa shape index (κ3) is 2.61. The molecule has 7 heteroatoms. The summed E-state index contributed by atoms with van der Waals surface area (Å²) in [5.41, 5.74) is 5.77. The lowest BCUT2D eigenvalue weighted by Crippen LogP contribution is -2.23. The summed E-state index contributed by atoms with van der Waals surface area (Å²) in [6.07, 6.45) is 5.39. The van der Waals surface area contributed by atoms with Crippen molar-refractivity contribution in [2.75, 3.05) is 13.1 Å². The molecule has 0 atom stereocenters. The predicted octanol–water partition coefficient (Wildman–Crippen LogP) is 2.51. The number of allylic oxidation sites excluding steroid dienone is 2. The Balaban J connectivity index is 1.57. The highest BCUT2D eigenvalue weighted by Gasteiger charge is 2.31. The predicted molar refractivity (Wildman–Crippen MR) is 104 cm³/mol. The number of aryl methyl sites for hydroxylation is 1. The number of aromatic carboxylic acids is 1. The first-order chi connectivity index (χ1) is 13.5. The molecule has 0 amide bonds. The Hall–Kier alpha value is -2.80. The number of aromatic hydroxyl groups is 1. The van der Waals surface area contributed by atoms with Gasteiger partial charge in [0.2, 0.25) is 0 Å². The van der Waals surface area contributed by atoms with Crippen molar-refractivity contribution in [2.24, 2.45) is 0 Å². The summed E-state index contributed by atoms with van der Waals surface area (Å²) < 4.78 is 0. The molecule has 0 bridgehead atoms. The van der Waals surface area contributed by atoms with Gasteiger partial charge < -0.3 is 20.2 Å². The third-order valence-electron chi connectivity index (χ3n) is 6.29. The highest BCUT2D eigenvalue weighted by Crippen LogP contribution is 2.45. The summed E-state index contributed by atoms with van der Waals surface area (Å²) in [7, 11) is 0. The number of aromatic amines is 2. The molecule has 3 heterocycles. The number of likely N-dealkylation sites (tertiary alicyclic amines) is 1. The molecule has 2 aliphatic carbocycles. The molecule has 1 aliphatic heterocycles. The minimum absolute atomic E-state index is 0.382. The van der Waals surface area contributed by atoms with E-state index >= 15 is 0 Å². The van der Waals surface area contributed by atoms with Gasteiger partial charge in [-0.25, -0.2) is 4.79 Å². The maximum Gasteiger partial charge on any atom is 0.345 e. The Bertz CT molecular complexity index is 1070. The summed E-state index contributed by atoms with van der Waals surface area (Å²) in [5.74, 6) is -1.78. The number of hydrogen-bond donors (Lipinski definition) is 4. The number of hydrogen-bond acceptors (Lipinski definition) is 4. The fraction of sp³-hybridized carbons (Fsp3) is 0.429. The van der Waals surface area contributed by atoms with Crippen molar-refractivity contribution in [1.82, 2.24) is 14.9 Å². The van der Waals surface area contributed by atoms with Gasteiger partial charge in [-0.1, -0.05) is 0 Å². The van der Waals surface area contributed by atoms with Crippen LogP contribution in [0.1, 0.15) is 64.2 Å². The number of rotatable bonds is 3. The smallest absolute Gasteiger partial charge is 0.345 e. The van der Waals surface area contributed by atoms with Gasteiger partial charge in [0.05, 0.1) is 5.69 Å². The number of fused-ring (bicyclic) bond motifs is 4. The van der Waals surface area contributed by atoms with Crippen LogP contribution in [0.3, 0.4) is 0 Å². The molecule has 2 aromatic heterocycles. The van der Waals surface area contributed by atoms with Gasteiger partial charge in [-0.3, -0.25) is 9.69 Å². The van der Waals surface area contributed by atoms with Crippen molar-refractivity contribution in [3.63, 3.8) is 0 Å². The SMILES string of the molecule is O=C(O)c1c(O)c2c([nH]c1=O)C1=C(CC2)c2cc(CN3CCCC3)[nH]c2CC1. The van der Waals surface area contributed by atoms with E-state index in [1.165, 1.54) is 35.4 Å². The van der Waals surface area contributed by atoms with Crippen LogP contribution in [-0.2, 0) is 19.4 Å². The maximum absolute atomic E-state index is 12.2. The van der Waals surface area contributed by atoms with Gasteiger partial charge in [-0.15, -0.1) is 0 Å². The second kappa shape index (κ2) is 6.38. The Morgan fingerprint density at radius 3 is 2.57 bits per heavy atom. The zero-order valence-electron chi connectivity index (χ0n) is 15.6. The minimum atomic E-state index is -1.40. The number of carboxylic acids is 1. The van der Waals surface area contributed by atoms with Gasteiger partial charge in [0, 0.05) is 23.5 Å². The van der Waals surface area contributed by atoms with Gasteiger partial charge in [-0.05, 0) is 74.4 Å². The summed E-state index contributed by atoms with van der Waals surface area (Å²) in [6.45, 7) is 3.24. The molecule has 3 aliphatic rings. The Kier molecular flexibility index (Phi) is 3.94. The van der Waals surface area contributed by atoms with E-state index in [4.69, 9.17) is 0 Å². The monoisotopic (exact) mass is 381 g/mol. The van der Waals surface area contributed by atoms with Gasteiger partial charge in [0.15, 0.2) is 5.56 Å². The summed E-state index contributed by atoms with van der Waals surface area (Å²) >= 11 is 0. The quantitative estimate of drug-likeness (QED) is 0.653. The number of H-pyrrole nitrogens is 2. The van der Waals surface area contributed by atoms with Crippen molar-refractivity contribution < 1.29 is 15.0 Å². The maximum atomic E-state index is 12.2. The van der Waals surface area contributed by atoms with Gasteiger partial charge in [0.25, 0.3) is 5.56 Å². The fourth-order valence-corrected chi connectivity index (χ4v) is 4.99. The zero-order chi connectivity index (χ0) is 19.4. The van der Waals surface area contributed by atoms with Crippen LogP contribution in [0.5, 0.6) is 5.75 Å². The number of pyridine rings is 1. The third-order valence-corrected chi connectivity index (χ3v) is 6.29. The van der Waals surface area contributed by atoms with Crippen molar-refractivity contribution in [2.45, 2.75) is 45.1 Å². The molecule has 1 saturated heterocycles. The van der Waals surface area contributed by atoms with E-state index in [2.05, 4.69) is 20.9 Å². The second-order valence-corrected chi connectivity index (χ2v) is 7.96. The molecule has 0 aromatic carbocycles. The molecule has 0 spiro atoms. The average Bonchev–Trinajstić information content (AvgIpc) is 3.30. The molecule has 2 aromatic rings. The Morgan fingerprint density at radius 1 is 1.07 bits per heavy atom. The number of nitrogens with zero attached hydrogens (tertiary/aromatic N) is 1. The van der Waals surface area contributed by atoms with Crippen molar-refractivity contribution >= 4 is 17.1 Å². The first-order valence-corrected chi connectivity index (χ1v) is 9.90. The Labute approximate surface area is 161 Å². The van der Waals surface area contributed by atoms with E-state index in [-0.39, 0.29) is 5.75 Å². The van der Waals surface area contributed by atoms with Crippen LogP contribution in [0.4, 0.5) is 0 Å². The molecule has 0 saturated carbocycles. The lowest BCUT2D eigenvalue weighted by Gasteiger charge is -2.27. The fourth-order valence-electron chi connectivity index (χ4n) is 4.99. The van der Waals surface area contributed by atoms with E-state index in [1.54, 1.807) is 0 Å². The molecular formula is C21H23N3O4. The van der Waals surface area contributed by atoms with E-state index in [9.17, 15) is 19.8 Å². The van der Waals surface area contributed by atoms with Gasteiger partial charge in [-0.2, -0.15) is 0 Å². The molecule has 0 unspecified atom stereocenters. The number of carboxylic acid groups (broad SMARTS) is 1. The molecule has 4 N–H and O–H groups in total. The molecule has 28 heavy (non-hydrogen) atoms. The van der Waals surface area contributed by atoms with E-state index in [0.29, 0.717) is 17.7 Å². The summed E-state index contributed by atoms with van der Waals surface area (Å²) in [5, 5.41) is 19.6. The molecular weight excluding hydrogens is 358 g/mol. The zero-order valence-corrected chi connectivity index (χ0v) is 15.6. The lowest BCUT2D eigenvalue weighted by atomic mass is 9.79. The highest BCUT2D eigenvalue weighted by molar-refractivity contribution is 5.97. The van der Waals surface area contributed by atoms with Crippen LogP contribution in [-0.4, -0.2) is 44.1 Å². The van der Waals surface area contributed by atoms with Crippen LogP contribution in [0.2, 0.25) is 0 Å².